The predicted octanol–water partition coefficient (Wildman–Crippen LogP) is 3.35. The van der Waals surface area contributed by atoms with Gasteiger partial charge in [-0.2, -0.15) is 0 Å². The SMILES string of the molecule is CCCNc1ncnc(N(CC)c2cccc(C)c2)c1N. The van der Waals surface area contributed by atoms with Crippen LogP contribution in [0.15, 0.2) is 30.6 Å². The number of nitrogen functional groups attached to an aromatic ring is 1. The topological polar surface area (TPSA) is 67.1 Å². The smallest absolute Gasteiger partial charge is 0.161 e. The standard InChI is InChI=1S/C16H23N5/c1-4-9-18-15-14(17)16(20-11-19-15)21(5-2)13-8-6-7-12(3)10-13/h6-8,10-11H,4-5,9,17H2,1-3H3,(H,18,19,20). The Balaban J connectivity index is 2.38. The zero-order valence-corrected chi connectivity index (χ0v) is 12.9. The molecule has 0 aliphatic rings. The summed E-state index contributed by atoms with van der Waals surface area (Å²) in [6.07, 6.45) is 2.58. The summed E-state index contributed by atoms with van der Waals surface area (Å²) in [5.74, 6) is 1.45. The van der Waals surface area contributed by atoms with Crippen molar-refractivity contribution in [3.05, 3.63) is 36.2 Å². The Morgan fingerprint density at radius 3 is 2.71 bits per heavy atom. The first-order valence-corrected chi connectivity index (χ1v) is 7.35. The maximum Gasteiger partial charge on any atom is 0.161 e. The number of nitrogens with two attached hydrogens (primary N) is 1. The molecule has 5 heteroatoms. The third kappa shape index (κ3) is 3.42. The lowest BCUT2D eigenvalue weighted by molar-refractivity contribution is 0.951. The van der Waals surface area contributed by atoms with Gasteiger partial charge in [-0.1, -0.05) is 19.1 Å². The van der Waals surface area contributed by atoms with Gasteiger partial charge in [0.05, 0.1) is 0 Å². The lowest BCUT2D eigenvalue weighted by Crippen LogP contribution is -2.20. The van der Waals surface area contributed by atoms with E-state index >= 15 is 0 Å². The highest BCUT2D eigenvalue weighted by Crippen LogP contribution is 2.31. The highest BCUT2D eigenvalue weighted by molar-refractivity contribution is 5.79. The molecule has 21 heavy (non-hydrogen) atoms. The zero-order valence-electron chi connectivity index (χ0n) is 12.9. The van der Waals surface area contributed by atoms with Crippen molar-refractivity contribution in [2.75, 3.05) is 29.0 Å². The van der Waals surface area contributed by atoms with Crippen LogP contribution in [0.25, 0.3) is 0 Å². The fraction of sp³-hybridized carbons (Fsp3) is 0.375. The number of aromatic nitrogens is 2. The van der Waals surface area contributed by atoms with Crippen LogP contribution in [-0.4, -0.2) is 23.1 Å². The second-order valence-electron chi connectivity index (χ2n) is 4.97. The van der Waals surface area contributed by atoms with Gasteiger partial charge in [-0.3, -0.25) is 0 Å². The van der Waals surface area contributed by atoms with E-state index in [1.54, 1.807) is 6.33 Å². The molecule has 0 bridgehead atoms. The van der Waals surface area contributed by atoms with Gasteiger partial charge in [-0.25, -0.2) is 9.97 Å². The van der Waals surface area contributed by atoms with E-state index in [4.69, 9.17) is 5.73 Å². The summed E-state index contributed by atoms with van der Waals surface area (Å²) in [6, 6.07) is 8.32. The van der Waals surface area contributed by atoms with Gasteiger partial charge in [0.25, 0.3) is 0 Å². The molecule has 0 atom stereocenters. The number of hydrogen-bond donors (Lipinski definition) is 2. The molecule has 2 rings (SSSR count). The molecule has 0 aliphatic carbocycles. The van der Waals surface area contributed by atoms with Crippen LogP contribution in [0, 0.1) is 6.92 Å². The van der Waals surface area contributed by atoms with E-state index in [0.29, 0.717) is 11.5 Å². The molecule has 2 aromatic rings. The first-order chi connectivity index (χ1) is 10.2. The molecule has 5 nitrogen and oxygen atoms in total. The highest BCUT2D eigenvalue weighted by atomic mass is 15.2. The summed E-state index contributed by atoms with van der Waals surface area (Å²) >= 11 is 0. The highest BCUT2D eigenvalue weighted by Gasteiger charge is 2.15. The molecular weight excluding hydrogens is 262 g/mol. The van der Waals surface area contributed by atoms with E-state index in [1.807, 2.05) is 6.07 Å². The van der Waals surface area contributed by atoms with Crippen LogP contribution in [0.2, 0.25) is 0 Å². The Hall–Kier alpha value is -2.30. The van der Waals surface area contributed by atoms with E-state index in [0.717, 1.165) is 31.0 Å². The Morgan fingerprint density at radius 1 is 1.24 bits per heavy atom. The van der Waals surface area contributed by atoms with Gasteiger partial charge in [0.2, 0.25) is 0 Å². The fourth-order valence-electron chi connectivity index (χ4n) is 2.24. The van der Waals surface area contributed by atoms with Gasteiger partial charge < -0.3 is 16.0 Å². The summed E-state index contributed by atoms with van der Waals surface area (Å²) < 4.78 is 0. The van der Waals surface area contributed by atoms with Crippen molar-refractivity contribution < 1.29 is 0 Å². The second-order valence-corrected chi connectivity index (χ2v) is 4.97. The van der Waals surface area contributed by atoms with Gasteiger partial charge in [0.15, 0.2) is 11.6 Å². The zero-order chi connectivity index (χ0) is 15.2. The Kier molecular flexibility index (Phi) is 4.98. The Labute approximate surface area is 126 Å². The molecule has 1 heterocycles. The molecule has 0 fully saturated rings. The fourth-order valence-corrected chi connectivity index (χ4v) is 2.24. The molecule has 0 saturated heterocycles. The third-order valence-electron chi connectivity index (χ3n) is 3.29. The van der Waals surface area contributed by atoms with E-state index in [1.165, 1.54) is 5.56 Å². The van der Waals surface area contributed by atoms with Crippen LogP contribution in [0.4, 0.5) is 23.0 Å². The van der Waals surface area contributed by atoms with Crippen LogP contribution >= 0.6 is 0 Å². The maximum atomic E-state index is 6.25. The molecule has 0 radical (unpaired) electrons. The molecule has 0 aliphatic heterocycles. The first kappa shape index (κ1) is 15.1. The molecule has 1 aromatic heterocycles. The molecule has 0 unspecified atom stereocenters. The average molecular weight is 285 g/mol. The van der Waals surface area contributed by atoms with Crippen molar-refractivity contribution in [2.24, 2.45) is 0 Å². The lowest BCUT2D eigenvalue weighted by Gasteiger charge is -2.24. The maximum absolute atomic E-state index is 6.25. The summed E-state index contributed by atoms with van der Waals surface area (Å²) in [5, 5.41) is 3.24. The average Bonchev–Trinajstić information content (AvgIpc) is 2.48. The van der Waals surface area contributed by atoms with Crippen molar-refractivity contribution in [3.8, 4) is 0 Å². The third-order valence-corrected chi connectivity index (χ3v) is 3.29. The van der Waals surface area contributed by atoms with Crippen molar-refractivity contribution in [2.45, 2.75) is 27.2 Å². The molecule has 0 saturated carbocycles. The van der Waals surface area contributed by atoms with E-state index in [2.05, 4.69) is 59.2 Å². The number of rotatable bonds is 6. The van der Waals surface area contributed by atoms with Crippen molar-refractivity contribution >= 4 is 23.0 Å². The van der Waals surface area contributed by atoms with Crippen LogP contribution in [0.1, 0.15) is 25.8 Å². The van der Waals surface area contributed by atoms with Gasteiger partial charge in [-0.15, -0.1) is 0 Å². The minimum Gasteiger partial charge on any atom is -0.393 e. The van der Waals surface area contributed by atoms with Gasteiger partial charge >= 0.3 is 0 Å². The number of nitrogens with zero attached hydrogens (tertiary/aromatic N) is 3. The number of anilines is 4. The summed E-state index contributed by atoms with van der Waals surface area (Å²) in [4.78, 5) is 10.7. The largest absolute Gasteiger partial charge is 0.393 e. The molecule has 0 spiro atoms. The first-order valence-electron chi connectivity index (χ1n) is 7.35. The minimum absolute atomic E-state index is 0.592. The van der Waals surface area contributed by atoms with Gasteiger partial charge in [0, 0.05) is 18.8 Å². The van der Waals surface area contributed by atoms with Gasteiger partial charge in [0.1, 0.15) is 12.0 Å². The Bertz CT molecular complexity index is 597. The quantitative estimate of drug-likeness (QED) is 0.852. The van der Waals surface area contributed by atoms with E-state index in [-0.39, 0.29) is 0 Å². The van der Waals surface area contributed by atoms with Crippen LogP contribution in [0.3, 0.4) is 0 Å². The number of benzene rings is 1. The van der Waals surface area contributed by atoms with E-state index in [9.17, 15) is 0 Å². The predicted molar refractivity (Wildman–Crippen MR) is 89.1 cm³/mol. The molecule has 112 valence electrons. The second kappa shape index (κ2) is 6.92. The van der Waals surface area contributed by atoms with Gasteiger partial charge in [-0.05, 0) is 38.0 Å². The normalized spacial score (nSPS) is 10.4. The summed E-state index contributed by atoms with van der Waals surface area (Å²) in [6.45, 7) is 7.91. The molecule has 1 aromatic carbocycles. The summed E-state index contributed by atoms with van der Waals surface area (Å²) in [5.41, 5.74) is 9.14. The van der Waals surface area contributed by atoms with Crippen molar-refractivity contribution in [3.63, 3.8) is 0 Å². The minimum atomic E-state index is 0.592. The Morgan fingerprint density at radius 2 is 2.05 bits per heavy atom. The molecular formula is C16H23N5. The number of aryl methyl sites for hydroxylation is 1. The van der Waals surface area contributed by atoms with E-state index < -0.39 is 0 Å². The number of hydrogen-bond acceptors (Lipinski definition) is 5. The van der Waals surface area contributed by atoms with Crippen molar-refractivity contribution in [1.29, 1.82) is 0 Å². The van der Waals surface area contributed by atoms with Crippen LogP contribution < -0.4 is 16.0 Å². The lowest BCUT2D eigenvalue weighted by atomic mass is 10.2. The molecule has 0 amide bonds. The number of nitrogens with one attached hydrogen (secondary N) is 1. The summed E-state index contributed by atoms with van der Waals surface area (Å²) in [7, 11) is 0. The molecule has 3 N–H and O–H groups in total. The monoisotopic (exact) mass is 285 g/mol. The van der Waals surface area contributed by atoms with Crippen LogP contribution in [0.5, 0.6) is 0 Å². The van der Waals surface area contributed by atoms with Crippen LogP contribution in [-0.2, 0) is 0 Å². The van der Waals surface area contributed by atoms with Crippen molar-refractivity contribution in [1.82, 2.24) is 9.97 Å².